The molecule has 0 N–H and O–H groups in total. The van der Waals surface area contributed by atoms with E-state index in [4.69, 9.17) is 0 Å². The van der Waals surface area contributed by atoms with E-state index in [-0.39, 0.29) is 0 Å². The third kappa shape index (κ3) is 2.86. The minimum absolute atomic E-state index is 0.833. The lowest BCUT2D eigenvalue weighted by Crippen LogP contribution is -1.99. The molecule has 0 spiro atoms. The van der Waals surface area contributed by atoms with Crippen molar-refractivity contribution < 1.29 is 0 Å². The minimum atomic E-state index is 0.833. The number of nitrogens with zero attached hydrogens (tertiary/aromatic N) is 3. The molecule has 0 radical (unpaired) electrons. The van der Waals surface area contributed by atoms with Gasteiger partial charge in [-0.3, -0.25) is 4.68 Å². The van der Waals surface area contributed by atoms with Crippen LogP contribution >= 0.6 is 22.6 Å². The van der Waals surface area contributed by atoms with E-state index in [9.17, 15) is 0 Å². The summed E-state index contributed by atoms with van der Waals surface area (Å²) in [4.78, 5) is 4.37. The molecule has 3 nitrogen and oxygen atoms in total. The van der Waals surface area contributed by atoms with Crippen molar-refractivity contribution in [3.05, 3.63) is 34.2 Å². The topological polar surface area (TPSA) is 30.7 Å². The van der Waals surface area contributed by atoms with E-state index in [0.29, 0.717) is 0 Å². The first-order valence-corrected chi connectivity index (χ1v) is 7.04. The molecule has 3 rings (SSSR count). The molecule has 1 aliphatic carbocycles. The van der Waals surface area contributed by atoms with Gasteiger partial charge in [-0.05, 0) is 47.1 Å². The Morgan fingerprint density at radius 2 is 2.24 bits per heavy atom. The van der Waals surface area contributed by atoms with Crippen LogP contribution < -0.4 is 0 Å². The van der Waals surface area contributed by atoms with Crippen LogP contribution in [0.5, 0.6) is 0 Å². The van der Waals surface area contributed by atoms with Crippen LogP contribution in [0, 0.1) is 9.49 Å². The zero-order valence-electron chi connectivity index (χ0n) is 9.51. The Hall–Kier alpha value is -0.910. The second kappa shape index (κ2) is 4.76. The zero-order valence-corrected chi connectivity index (χ0v) is 11.7. The maximum atomic E-state index is 4.52. The van der Waals surface area contributed by atoms with Crippen molar-refractivity contribution >= 4 is 22.6 Å². The average Bonchev–Trinajstić information content (AvgIpc) is 3.04. The largest absolute Gasteiger partial charge is 0.252 e. The molecule has 0 aliphatic heterocycles. The Bertz CT molecular complexity index is 517. The van der Waals surface area contributed by atoms with Gasteiger partial charge in [-0.15, -0.1) is 0 Å². The van der Waals surface area contributed by atoms with Crippen LogP contribution in [0.3, 0.4) is 0 Å². The van der Waals surface area contributed by atoms with E-state index < -0.39 is 0 Å². The lowest BCUT2D eigenvalue weighted by atomic mass is 10.2. The SMILES string of the molecule is Ic1cccc(-c2ncn(CCC3CC3)n2)c1. The first kappa shape index (κ1) is 11.2. The molecule has 0 amide bonds. The number of hydrogen-bond acceptors (Lipinski definition) is 2. The molecule has 1 heterocycles. The Labute approximate surface area is 114 Å². The van der Waals surface area contributed by atoms with Gasteiger partial charge in [-0.2, -0.15) is 5.10 Å². The van der Waals surface area contributed by atoms with Crippen LogP contribution in [0.2, 0.25) is 0 Å². The van der Waals surface area contributed by atoms with E-state index in [2.05, 4.69) is 50.9 Å². The monoisotopic (exact) mass is 339 g/mol. The van der Waals surface area contributed by atoms with Gasteiger partial charge < -0.3 is 0 Å². The molecule has 0 atom stereocenters. The van der Waals surface area contributed by atoms with Gasteiger partial charge >= 0.3 is 0 Å². The maximum Gasteiger partial charge on any atom is 0.181 e. The van der Waals surface area contributed by atoms with E-state index in [1.165, 1.54) is 22.8 Å². The maximum absolute atomic E-state index is 4.52. The normalized spacial score (nSPS) is 15.1. The van der Waals surface area contributed by atoms with Gasteiger partial charge in [0, 0.05) is 15.7 Å². The highest BCUT2D eigenvalue weighted by molar-refractivity contribution is 14.1. The van der Waals surface area contributed by atoms with Gasteiger partial charge in [0.1, 0.15) is 6.33 Å². The van der Waals surface area contributed by atoms with Crippen LogP contribution in [-0.4, -0.2) is 14.8 Å². The van der Waals surface area contributed by atoms with Crippen molar-refractivity contribution in [2.45, 2.75) is 25.8 Å². The van der Waals surface area contributed by atoms with Gasteiger partial charge in [0.25, 0.3) is 0 Å². The summed E-state index contributed by atoms with van der Waals surface area (Å²) in [6, 6.07) is 8.29. The molecule has 0 saturated heterocycles. The van der Waals surface area contributed by atoms with Crippen molar-refractivity contribution in [1.82, 2.24) is 14.8 Å². The third-order valence-corrected chi connectivity index (χ3v) is 3.75. The van der Waals surface area contributed by atoms with Gasteiger partial charge in [-0.1, -0.05) is 25.0 Å². The molecule has 0 bridgehead atoms. The van der Waals surface area contributed by atoms with Crippen LogP contribution in [0.1, 0.15) is 19.3 Å². The molecule has 88 valence electrons. The molecule has 4 heteroatoms. The van der Waals surface area contributed by atoms with Gasteiger partial charge in [-0.25, -0.2) is 4.98 Å². The fraction of sp³-hybridized carbons (Fsp3) is 0.385. The Kier molecular flexibility index (Phi) is 3.13. The van der Waals surface area contributed by atoms with Gasteiger partial charge in [0.05, 0.1) is 0 Å². The summed E-state index contributed by atoms with van der Waals surface area (Å²) >= 11 is 2.31. The molecular weight excluding hydrogens is 325 g/mol. The summed E-state index contributed by atoms with van der Waals surface area (Å²) in [5.74, 6) is 1.78. The number of benzene rings is 1. The van der Waals surface area contributed by atoms with E-state index >= 15 is 0 Å². The molecular formula is C13H14IN3. The van der Waals surface area contributed by atoms with Crippen molar-refractivity contribution in [3.8, 4) is 11.4 Å². The van der Waals surface area contributed by atoms with Crippen molar-refractivity contribution in [3.63, 3.8) is 0 Å². The highest BCUT2D eigenvalue weighted by Gasteiger charge is 2.20. The van der Waals surface area contributed by atoms with Gasteiger partial charge in [0.2, 0.25) is 0 Å². The molecule has 1 aliphatic rings. The van der Waals surface area contributed by atoms with E-state index in [0.717, 1.165) is 23.9 Å². The summed E-state index contributed by atoms with van der Waals surface area (Å²) in [6.45, 7) is 1.00. The first-order chi connectivity index (χ1) is 8.31. The number of aromatic nitrogens is 3. The summed E-state index contributed by atoms with van der Waals surface area (Å²) < 4.78 is 3.18. The first-order valence-electron chi connectivity index (χ1n) is 5.96. The Balaban J connectivity index is 1.74. The fourth-order valence-corrected chi connectivity index (χ4v) is 2.43. The van der Waals surface area contributed by atoms with Crippen LogP contribution in [-0.2, 0) is 6.54 Å². The highest BCUT2D eigenvalue weighted by Crippen LogP contribution is 2.32. The summed E-state index contributed by atoms with van der Waals surface area (Å²) in [5, 5.41) is 4.52. The lowest BCUT2D eigenvalue weighted by Gasteiger charge is -1.98. The predicted octanol–water partition coefficient (Wildman–Crippen LogP) is 3.35. The molecule has 1 saturated carbocycles. The molecule has 2 aromatic rings. The standard InChI is InChI=1S/C13H14IN3/c14-12-3-1-2-11(8-12)13-15-9-17(16-13)7-6-10-4-5-10/h1-3,8-10H,4-7H2. The second-order valence-electron chi connectivity index (χ2n) is 4.57. The smallest absolute Gasteiger partial charge is 0.181 e. The summed E-state index contributed by atoms with van der Waals surface area (Å²) in [7, 11) is 0. The Morgan fingerprint density at radius 3 is 3.00 bits per heavy atom. The van der Waals surface area contributed by atoms with Crippen LogP contribution in [0.25, 0.3) is 11.4 Å². The molecule has 0 unspecified atom stereocenters. The van der Waals surface area contributed by atoms with E-state index in [1.807, 2.05) is 17.1 Å². The quantitative estimate of drug-likeness (QED) is 0.800. The number of rotatable bonds is 4. The fourth-order valence-electron chi connectivity index (χ4n) is 1.88. The van der Waals surface area contributed by atoms with Crippen molar-refractivity contribution in [1.29, 1.82) is 0 Å². The van der Waals surface area contributed by atoms with Gasteiger partial charge in [0.15, 0.2) is 5.82 Å². The summed E-state index contributed by atoms with van der Waals surface area (Å²) in [6.07, 6.45) is 5.89. The highest BCUT2D eigenvalue weighted by atomic mass is 127. The second-order valence-corrected chi connectivity index (χ2v) is 5.82. The molecule has 17 heavy (non-hydrogen) atoms. The number of halogens is 1. The van der Waals surface area contributed by atoms with Crippen molar-refractivity contribution in [2.75, 3.05) is 0 Å². The number of hydrogen-bond donors (Lipinski definition) is 0. The van der Waals surface area contributed by atoms with Crippen molar-refractivity contribution in [2.24, 2.45) is 5.92 Å². The lowest BCUT2D eigenvalue weighted by molar-refractivity contribution is 0.546. The Morgan fingerprint density at radius 1 is 1.35 bits per heavy atom. The minimum Gasteiger partial charge on any atom is -0.252 e. The molecule has 1 aromatic heterocycles. The van der Waals surface area contributed by atoms with Crippen LogP contribution in [0.4, 0.5) is 0 Å². The molecule has 1 aromatic carbocycles. The summed E-state index contributed by atoms with van der Waals surface area (Å²) in [5.41, 5.74) is 1.10. The van der Waals surface area contributed by atoms with E-state index in [1.54, 1.807) is 0 Å². The zero-order chi connectivity index (χ0) is 11.7. The third-order valence-electron chi connectivity index (χ3n) is 3.08. The number of aryl methyl sites for hydroxylation is 1. The average molecular weight is 339 g/mol. The predicted molar refractivity (Wildman–Crippen MR) is 75.5 cm³/mol. The molecule has 1 fully saturated rings. The van der Waals surface area contributed by atoms with Crippen LogP contribution in [0.15, 0.2) is 30.6 Å².